The van der Waals surface area contributed by atoms with Crippen molar-refractivity contribution in [2.24, 2.45) is 17.8 Å². The standard InChI is InChI=1S/C19H32/c1-14(2)11-16(4)12-17(5)13-18(6)19-9-7-15(3)8-10-19/h7-10,14,16-18H,11-13H2,1-6H3. The minimum absolute atomic E-state index is 0.682. The summed E-state index contributed by atoms with van der Waals surface area (Å²) >= 11 is 0. The Hall–Kier alpha value is -0.780. The first-order valence-corrected chi connectivity index (χ1v) is 7.95. The molecule has 1 aromatic carbocycles. The summed E-state index contributed by atoms with van der Waals surface area (Å²) in [4.78, 5) is 0. The summed E-state index contributed by atoms with van der Waals surface area (Å²) < 4.78 is 0. The molecule has 0 saturated carbocycles. The number of aryl methyl sites for hydroxylation is 1. The fraction of sp³-hybridized carbons (Fsp3) is 0.684. The lowest BCUT2D eigenvalue weighted by Crippen LogP contribution is -2.09. The topological polar surface area (TPSA) is 0 Å². The summed E-state index contributed by atoms with van der Waals surface area (Å²) in [5, 5.41) is 0. The van der Waals surface area contributed by atoms with Gasteiger partial charge in [0.25, 0.3) is 0 Å². The third-order valence-electron chi connectivity index (χ3n) is 4.08. The predicted molar refractivity (Wildman–Crippen MR) is 86.6 cm³/mol. The average molecular weight is 260 g/mol. The summed E-state index contributed by atoms with van der Waals surface area (Å²) in [6.07, 6.45) is 4.04. The minimum atomic E-state index is 0.682. The van der Waals surface area contributed by atoms with Gasteiger partial charge in [-0.05, 0) is 55.4 Å². The van der Waals surface area contributed by atoms with Crippen molar-refractivity contribution in [2.45, 2.75) is 66.7 Å². The van der Waals surface area contributed by atoms with Gasteiger partial charge >= 0.3 is 0 Å². The SMILES string of the molecule is Cc1ccc(C(C)CC(C)CC(C)CC(C)C)cc1. The molecule has 0 aliphatic heterocycles. The van der Waals surface area contributed by atoms with Gasteiger partial charge in [0.05, 0.1) is 0 Å². The molecule has 3 unspecified atom stereocenters. The first-order chi connectivity index (χ1) is 8.88. The number of benzene rings is 1. The van der Waals surface area contributed by atoms with Crippen LogP contribution in [0.4, 0.5) is 0 Å². The molecule has 0 aromatic heterocycles. The Labute approximate surface area is 120 Å². The highest BCUT2D eigenvalue weighted by Gasteiger charge is 2.14. The Kier molecular flexibility index (Phi) is 6.62. The molecular formula is C19H32. The van der Waals surface area contributed by atoms with Crippen molar-refractivity contribution < 1.29 is 0 Å². The van der Waals surface area contributed by atoms with E-state index < -0.39 is 0 Å². The van der Waals surface area contributed by atoms with Crippen LogP contribution in [-0.2, 0) is 0 Å². The molecule has 3 atom stereocenters. The van der Waals surface area contributed by atoms with E-state index in [2.05, 4.69) is 65.8 Å². The molecule has 0 aliphatic carbocycles. The Morgan fingerprint density at radius 2 is 1.26 bits per heavy atom. The van der Waals surface area contributed by atoms with Crippen LogP contribution in [-0.4, -0.2) is 0 Å². The summed E-state index contributed by atoms with van der Waals surface area (Å²) in [5.41, 5.74) is 2.85. The van der Waals surface area contributed by atoms with Crippen molar-refractivity contribution in [2.75, 3.05) is 0 Å². The maximum atomic E-state index is 2.42. The fourth-order valence-electron chi connectivity index (χ4n) is 3.32. The van der Waals surface area contributed by atoms with Gasteiger partial charge in [0.2, 0.25) is 0 Å². The zero-order valence-electron chi connectivity index (χ0n) is 13.7. The van der Waals surface area contributed by atoms with E-state index >= 15 is 0 Å². The van der Waals surface area contributed by atoms with Crippen LogP contribution in [0.25, 0.3) is 0 Å². The molecule has 0 heteroatoms. The van der Waals surface area contributed by atoms with Crippen LogP contribution >= 0.6 is 0 Å². The van der Waals surface area contributed by atoms with E-state index in [1.54, 1.807) is 0 Å². The van der Waals surface area contributed by atoms with Gasteiger partial charge < -0.3 is 0 Å². The van der Waals surface area contributed by atoms with Gasteiger partial charge in [0, 0.05) is 0 Å². The largest absolute Gasteiger partial charge is 0.0628 e. The molecule has 0 heterocycles. The molecule has 1 aromatic rings. The quantitative estimate of drug-likeness (QED) is 0.547. The maximum Gasteiger partial charge on any atom is -0.0188 e. The molecule has 0 N–H and O–H groups in total. The first kappa shape index (κ1) is 16.3. The smallest absolute Gasteiger partial charge is 0.0188 e. The van der Waals surface area contributed by atoms with E-state index in [9.17, 15) is 0 Å². The van der Waals surface area contributed by atoms with Crippen LogP contribution in [0.1, 0.15) is 70.9 Å². The molecule has 0 saturated heterocycles. The van der Waals surface area contributed by atoms with Crippen molar-refractivity contribution in [3.8, 4) is 0 Å². The second-order valence-corrected chi connectivity index (χ2v) is 7.12. The lowest BCUT2D eigenvalue weighted by molar-refractivity contribution is 0.333. The van der Waals surface area contributed by atoms with Gasteiger partial charge in [-0.25, -0.2) is 0 Å². The zero-order chi connectivity index (χ0) is 14.4. The number of rotatable bonds is 7. The Balaban J connectivity index is 2.43. The number of hydrogen-bond donors (Lipinski definition) is 0. The van der Waals surface area contributed by atoms with Gasteiger partial charge in [-0.1, -0.05) is 64.4 Å². The van der Waals surface area contributed by atoms with E-state index in [1.165, 1.54) is 30.4 Å². The lowest BCUT2D eigenvalue weighted by Gasteiger charge is -2.22. The van der Waals surface area contributed by atoms with Gasteiger partial charge in [-0.15, -0.1) is 0 Å². The Morgan fingerprint density at radius 1 is 0.737 bits per heavy atom. The first-order valence-electron chi connectivity index (χ1n) is 7.95. The average Bonchev–Trinajstić information content (AvgIpc) is 2.27. The normalized spacial score (nSPS) is 16.4. The molecule has 0 bridgehead atoms. The highest BCUT2D eigenvalue weighted by atomic mass is 14.2. The maximum absolute atomic E-state index is 2.42. The highest BCUT2D eigenvalue weighted by molar-refractivity contribution is 5.24. The molecule has 1 rings (SSSR count). The van der Waals surface area contributed by atoms with Gasteiger partial charge in [-0.2, -0.15) is 0 Å². The molecule has 0 fully saturated rings. The Morgan fingerprint density at radius 3 is 1.79 bits per heavy atom. The van der Waals surface area contributed by atoms with E-state index in [1.807, 2.05) is 0 Å². The van der Waals surface area contributed by atoms with E-state index in [4.69, 9.17) is 0 Å². The Bertz CT molecular complexity index is 347. The van der Waals surface area contributed by atoms with Crippen molar-refractivity contribution >= 4 is 0 Å². The van der Waals surface area contributed by atoms with Crippen molar-refractivity contribution in [1.29, 1.82) is 0 Å². The van der Waals surface area contributed by atoms with Crippen LogP contribution in [0.3, 0.4) is 0 Å². The van der Waals surface area contributed by atoms with E-state index in [0.717, 1.165) is 17.8 Å². The van der Waals surface area contributed by atoms with Crippen LogP contribution < -0.4 is 0 Å². The summed E-state index contributed by atoms with van der Waals surface area (Å²) in [6.45, 7) is 14.0. The molecule has 19 heavy (non-hydrogen) atoms. The van der Waals surface area contributed by atoms with Gasteiger partial charge in [0.15, 0.2) is 0 Å². The lowest BCUT2D eigenvalue weighted by atomic mass is 9.84. The summed E-state index contributed by atoms with van der Waals surface area (Å²) in [7, 11) is 0. The molecule has 0 radical (unpaired) electrons. The van der Waals surface area contributed by atoms with E-state index in [0.29, 0.717) is 5.92 Å². The summed E-state index contributed by atoms with van der Waals surface area (Å²) in [6, 6.07) is 9.06. The van der Waals surface area contributed by atoms with Gasteiger partial charge in [0.1, 0.15) is 0 Å². The van der Waals surface area contributed by atoms with Crippen molar-refractivity contribution in [1.82, 2.24) is 0 Å². The van der Waals surface area contributed by atoms with Crippen LogP contribution in [0.5, 0.6) is 0 Å². The van der Waals surface area contributed by atoms with Crippen molar-refractivity contribution in [3.63, 3.8) is 0 Å². The molecule has 0 aliphatic rings. The molecule has 0 nitrogen and oxygen atoms in total. The van der Waals surface area contributed by atoms with Crippen LogP contribution in [0, 0.1) is 24.7 Å². The fourth-order valence-corrected chi connectivity index (χ4v) is 3.32. The molecule has 108 valence electrons. The van der Waals surface area contributed by atoms with Gasteiger partial charge in [-0.3, -0.25) is 0 Å². The van der Waals surface area contributed by atoms with Crippen LogP contribution in [0.2, 0.25) is 0 Å². The van der Waals surface area contributed by atoms with E-state index in [-0.39, 0.29) is 0 Å². The third kappa shape index (κ3) is 6.27. The molecule has 0 spiro atoms. The second kappa shape index (κ2) is 7.72. The number of hydrogen-bond acceptors (Lipinski definition) is 0. The minimum Gasteiger partial charge on any atom is -0.0628 e. The van der Waals surface area contributed by atoms with Crippen molar-refractivity contribution in [3.05, 3.63) is 35.4 Å². The molecule has 0 amide bonds. The highest BCUT2D eigenvalue weighted by Crippen LogP contribution is 2.28. The second-order valence-electron chi connectivity index (χ2n) is 7.12. The molecular weight excluding hydrogens is 228 g/mol. The predicted octanol–water partition coefficient (Wildman–Crippen LogP) is 6.20. The third-order valence-corrected chi connectivity index (χ3v) is 4.08. The monoisotopic (exact) mass is 260 g/mol. The summed E-state index contributed by atoms with van der Waals surface area (Å²) in [5.74, 6) is 3.20. The zero-order valence-corrected chi connectivity index (χ0v) is 13.7. The van der Waals surface area contributed by atoms with Crippen LogP contribution in [0.15, 0.2) is 24.3 Å².